The summed E-state index contributed by atoms with van der Waals surface area (Å²) in [5.74, 6) is -0.00131. The quantitative estimate of drug-likeness (QED) is 0.354. The molecule has 3 aromatic rings. The van der Waals surface area contributed by atoms with Crippen molar-refractivity contribution in [3.63, 3.8) is 0 Å². The summed E-state index contributed by atoms with van der Waals surface area (Å²) in [6, 6.07) is 15.7. The second-order valence-corrected chi connectivity index (χ2v) is 8.00. The van der Waals surface area contributed by atoms with Crippen molar-refractivity contribution in [1.82, 2.24) is 15.0 Å². The van der Waals surface area contributed by atoms with Crippen molar-refractivity contribution in [2.75, 3.05) is 12.9 Å². The van der Waals surface area contributed by atoms with Crippen molar-refractivity contribution in [2.45, 2.75) is 19.3 Å². The maximum Gasteiger partial charge on any atom is 0.338 e. The molecule has 1 heterocycles. The molecular formula is C20H21N3O6S. The fourth-order valence-corrected chi connectivity index (χ4v) is 3.17. The standard InChI is InChI=1S/C20H21N3O6S/c1-30(25,26)29-19(13-23-21-11-12-22-23)15-27-18-9-7-17(8-10-18)20(24)28-14-16-5-3-2-4-6-16/h2-12,19H,13-15H2,1H3/t19-/m0/s1. The Morgan fingerprint density at radius 3 is 2.33 bits per heavy atom. The third-order valence-electron chi connectivity index (χ3n) is 3.88. The van der Waals surface area contributed by atoms with Crippen LogP contribution in [0.25, 0.3) is 0 Å². The van der Waals surface area contributed by atoms with Crippen LogP contribution in [0.15, 0.2) is 67.0 Å². The van der Waals surface area contributed by atoms with Gasteiger partial charge in [0, 0.05) is 0 Å². The first-order valence-electron chi connectivity index (χ1n) is 9.05. The van der Waals surface area contributed by atoms with Gasteiger partial charge in [-0.1, -0.05) is 30.3 Å². The third-order valence-corrected chi connectivity index (χ3v) is 4.50. The molecule has 30 heavy (non-hydrogen) atoms. The minimum absolute atomic E-state index is 0.0492. The van der Waals surface area contributed by atoms with E-state index in [0.717, 1.165) is 11.8 Å². The van der Waals surface area contributed by atoms with Gasteiger partial charge in [0.05, 0.1) is 30.8 Å². The Balaban J connectivity index is 1.54. The molecule has 0 radical (unpaired) electrons. The zero-order chi connectivity index (χ0) is 21.4. The number of benzene rings is 2. The van der Waals surface area contributed by atoms with Crippen LogP contribution < -0.4 is 4.74 Å². The van der Waals surface area contributed by atoms with E-state index in [9.17, 15) is 13.2 Å². The number of ether oxygens (including phenoxy) is 2. The van der Waals surface area contributed by atoms with Gasteiger partial charge in [0.2, 0.25) is 0 Å². The van der Waals surface area contributed by atoms with Gasteiger partial charge in [-0.05, 0) is 29.8 Å². The molecule has 0 aliphatic rings. The van der Waals surface area contributed by atoms with Gasteiger partial charge in [0.1, 0.15) is 25.1 Å². The predicted octanol–water partition coefficient (Wildman–Crippen LogP) is 2.06. The van der Waals surface area contributed by atoms with Gasteiger partial charge in [-0.15, -0.1) is 0 Å². The largest absolute Gasteiger partial charge is 0.491 e. The molecule has 0 unspecified atom stereocenters. The number of hydrogen-bond donors (Lipinski definition) is 0. The highest BCUT2D eigenvalue weighted by molar-refractivity contribution is 7.86. The normalized spacial score (nSPS) is 12.3. The highest BCUT2D eigenvalue weighted by Crippen LogP contribution is 2.15. The molecular weight excluding hydrogens is 410 g/mol. The molecule has 1 aromatic heterocycles. The lowest BCUT2D eigenvalue weighted by molar-refractivity contribution is 0.0472. The number of carbonyl (C=O) groups excluding carboxylic acids is 1. The van der Waals surface area contributed by atoms with E-state index in [1.165, 1.54) is 17.2 Å². The lowest BCUT2D eigenvalue weighted by Gasteiger charge is -2.16. The van der Waals surface area contributed by atoms with Crippen LogP contribution in [0.3, 0.4) is 0 Å². The van der Waals surface area contributed by atoms with Gasteiger partial charge < -0.3 is 9.47 Å². The molecule has 3 rings (SSSR count). The van der Waals surface area contributed by atoms with Crippen LogP contribution >= 0.6 is 0 Å². The first-order valence-corrected chi connectivity index (χ1v) is 10.9. The van der Waals surface area contributed by atoms with Gasteiger partial charge in [-0.3, -0.25) is 4.18 Å². The molecule has 2 aromatic carbocycles. The van der Waals surface area contributed by atoms with E-state index >= 15 is 0 Å². The third kappa shape index (κ3) is 6.98. The monoisotopic (exact) mass is 431 g/mol. The summed E-state index contributed by atoms with van der Waals surface area (Å²) in [5, 5.41) is 7.87. The van der Waals surface area contributed by atoms with Gasteiger partial charge >= 0.3 is 5.97 Å². The SMILES string of the molecule is CS(=O)(=O)O[C@H](COc1ccc(C(=O)OCc2ccccc2)cc1)Cn1nccn1. The highest BCUT2D eigenvalue weighted by atomic mass is 32.2. The fraction of sp³-hybridized carbons (Fsp3) is 0.250. The molecule has 0 N–H and O–H groups in total. The van der Waals surface area contributed by atoms with Crippen molar-refractivity contribution < 1.29 is 26.9 Å². The summed E-state index contributed by atoms with van der Waals surface area (Å²) < 4.78 is 38.9. The Morgan fingerprint density at radius 1 is 1.03 bits per heavy atom. The zero-order valence-electron chi connectivity index (χ0n) is 16.2. The predicted molar refractivity (Wildman–Crippen MR) is 107 cm³/mol. The molecule has 0 saturated heterocycles. The summed E-state index contributed by atoms with van der Waals surface area (Å²) in [7, 11) is -3.69. The molecule has 0 aliphatic carbocycles. The molecule has 1 atom stereocenters. The minimum Gasteiger partial charge on any atom is -0.491 e. The summed E-state index contributed by atoms with van der Waals surface area (Å²) in [4.78, 5) is 13.5. The summed E-state index contributed by atoms with van der Waals surface area (Å²) in [6.45, 7) is 0.236. The number of hydrogen-bond acceptors (Lipinski definition) is 8. The van der Waals surface area contributed by atoms with E-state index in [-0.39, 0.29) is 19.8 Å². The minimum atomic E-state index is -3.69. The Hall–Kier alpha value is -3.24. The van der Waals surface area contributed by atoms with E-state index in [0.29, 0.717) is 11.3 Å². The molecule has 158 valence electrons. The van der Waals surface area contributed by atoms with E-state index in [1.54, 1.807) is 24.3 Å². The Bertz CT molecular complexity index is 1040. The van der Waals surface area contributed by atoms with Crippen LogP contribution in [0.1, 0.15) is 15.9 Å². The van der Waals surface area contributed by atoms with Gasteiger partial charge in [0.15, 0.2) is 0 Å². The van der Waals surface area contributed by atoms with Crippen molar-refractivity contribution >= 4 is 16.1 Å². The molecule has 0 spiro atoms. The highest BCUT2D eigenvalue weighted by Gasteiger charge is 2.18. The van der Waals surface area contributed by atoms with Gasteiger partial charge in [-0.25, -0.2) is 4.79 Å². The first kappa shape index (κ1) is 21.5. The lowest BCUT2D eigenvalue weighted by atomic mass is 10.2. The zero-order valence-corrected chi connectivity index (χ0v) is 17.1. The average molecular weight is 431 g/mol. The number of aromatic nitrogens is 3. The van der Waals surface area contributed by atoms with Crippen molar-refractivity contribution in [3.05, 3.63) is 78.1 Å². The maximum atomic E-state index is 12.2. The summed E-state index contributed by atoms with van der Waals surface area (Å²) in [6.07, 6.45) is 3.11. The fourth-order valence-electron chi connectivity index (χ4n) is 2.56. The first-order chi connectivity index (χ1) is 14.4. The number of nitrogens with zero attached hydrogens (tertiary/aromatic N) is 3. The summed E-state index contributed by atoms with van der Waals surface area (Å²) in [5.41, 5.74) is 1.28. The molecule has 10 heteroatoms. The van der Waals surface area contributed by atoms with Gasteiger partial charge in [-0.2, -0.15) is 23.4 Å². The average Bonchev–Trinajstić information content (AvgIpc) is 3.23. The summed E-state index contributed by atoms with van der Waals surface area (Å²) >= 11 is 0. The molecule has 0 saturated carbocycles. The van der Waals surface area contributed by atoms with Gasteiger partial charge in [0.25, 0.3) is 10.1 Å². The van der Waals surface area contributed by atoms with E-state index in [4.69, 9.17) is 13.7 Å². The maximum absolute atomic E-state index is 12.2. The number of rotatable bonds is 10. The smallest absolute Gasteiger partial charge is 0.338 e. The number of esters is 1. The van der Waals surface area contributed by atoms with Crippen molar-refractivity contribution in [3.8, 4) is 5.75 Å². The lowest BCUT2D eigenvalue weighted by Crippen LogP contribution is -2.30. The Kier molecular flexibility index (Phi) is 7.15. The van der Waals surface area contributed by atoms with E-state index in [1.807, 2.05) is 30.3 Å². The second kappa shape index (κ2) is 9.99. The second-order valence-electron chi connectivity index (χ2n) is 6.40. The number of carbonyl (C=O) groups is 1. The van der Waals surface area contributed by atoms with Crippen LogP contribution in [-0.4, -0.2) is 48.3 Å². The van der Waals surface area contributed by atoms with Crippen molar-refractivity contribution in [2.24, 2.45) is 0 Å². The van der Waals surface area contributed by atoms with Crippen LogP contribution in [-0.2, 0) is 32.2 Å². The Morgan fingerprint density at radius 2 is 1.70 bits per heavy atom. The van der Waals surface area contributed by atoms with E-state index < -0.39 is 22.2 Å². The molecule has 9 nitrogen and oxygen atoms in total. The van der Waals surface area contributed by atoms with Crippen LogP contribution in [0.5, 0.6) is 5.75 Å². The van der Waals surface area contributed by atoms with E-state index in [2.05, 4.69) is 10.2 Å². The van der Waals surface area contributed by atoms with Crippen LogP contribution in [0.2, 0.25) is 0 Å². The van der Waals surface area contributed by atoms with Crippen LogP contribution in [0.4, 0.5) is 0 Å². The molecule has 0 fully saturated rings. The molecule has 0 bridgehead atoms. The molecule has 0 amide bonds. The molecule has 0 aliphatic heterocycles. The Labute approximate surface area is 174 Å². The van der Waals surface area contributed by atoms with Crippen molar-refractivity contribution in [1.29, 1.82) is 0 Å². The topological polar surface area (TPSA) is 110 Å². The van der Waals surface area contributed by atoms with Crippen LogP contribution in [0, 0.1) is 0 Å².